The molecule has 5 nitrogen and oxygen atoms in total. The molecular formula is C24H26N2O3. The number of carbonyl (C=O) groups is 1. The van der Waals surface area contributed by atoms with Crippen LogP contribution < -0.4 is 4.74 Å². The van der Waals surface area contributed by atoms with Crippen molar-refractivity contribution >= 4 is 17.0 Å². The van der Waals surface area contributed by atoms with Crippen LogP contribution in [0.15, 0.2) is 42.5 Å². The van der Waals surface area contributed by atoms with E-state index < -0.39 is 5.60 Å². The van der Waals surface area contributed by atoms with Gasteiger partial charge in [-0.25, -0.2) is 4.79 Å². The van der Waals surface area contributed by atoms with Crippen LogP contribution in [0.4, 0.5) is 4.79 Å². The van der Waals surface area contributed by atoms with E-state index >= 15 is 0 Å². The molecule has 3 aromatic rings. The Labute approximate surface area is 170 Å². The Bertz CT molecular complexity index is 1090. The van der Waals surface area contributed by atoms with E-state index in [1.807, 2.05) is 37.8 Å². The molecule has 0 radical (unpaired) electrons. The summed E-state index contributed by atoms with van der Waals surface area (Å²) in [6.45, 7) is 7.07. The number of H-pyrrole nitrogens is 1. The largest absolute Gasteiger partial charge is 0.493 e. The summed E-state index contributed by atoms with van der Waals surface area (Å²) in [6, 6.07) is 14.4. The summed E-state index contributed by atoms with van der Waals surface area (Å²) >= 11 is 0. The minimum atomic E-state index is -0.534. The normalized spacial score (nSPS) is 18.3. The van der Waals surface area contributed by atoms with Crippen LogP contribution in [-0.4, -0.2) is 34.7 Å². The zero-order chi connectivity index (χ0) is 20.2. The van der Waals surface area contributed by atoms with Crippen molar-refractivity contribution in [3.05, 3.63) is 64.8 Å². The molecule has 2 aliphatic heterocycles. The third-order valence-electron chi connectivity index (χ3n) is 5.69. The van der Waals surface area contributed by atoms with Crippen LogP contribution >= 0.6 is 0 Å². The number of fused-ring (bicyclic) bond motifs is 4. The second-order valence-corrected chi connectivity index (χ2v) is 8.85. The first-order valence-electron chi connectivity index (χ1n) is 10.3. The minimum Gasteiger partial charge on any atom is -0.493 e. The second kappa shape index (κ2) is 6.55. The summed E-state index contributed by atoms with van der Waals surface area (Å²) in [4.78, 5) is 18.6. The Morgan fingerprint density at radius 3 is 2.83 bits per heavy atom. The van der Waals surface area contributed by atoms with Gasteiger partial charge in [-0.2, -0.15) is 0 Å². The van der Waals surface area contributed by atoms with E-state index in [2.05, 4.69) is 35.3 Å². The molecule has 0 spiro atoms. The lowest BCUT2D eigenvalue weighted by atomic mass is 9.91. The first-order valence-corrected chi connectivity index (χ1v) is 10.3. The lowest BCUT2D eigenvalue weighted by Crippen LogP contribution is -2.43. The first kappa shape index (κ1) is 18.1. The molecule has 1 aromatic heterocycles. The van der Waals surface area contributed by atoms with E-state index in [0.29, 0.717) is 6.54 Å². The molecule has 5 rings (SSSR count). The van der Waals surface area contributed by atoms with Gasteiger partial charge in [-0.05, 0) is 62.1 Å². The average Bonchev–Trinajstić information content (AvgIpc) is 3.29. The molecule has 0 aliphatic carbocycles. The number of ether oxygens (including phenoxy) is 2. The molecule has 5 heteroatoms. The molecule has 3 heterocycles. The van der Waals surface area contributed by atoms with E-state index in [1.54, 1.807) is 0 Å². The standard InChI is InChI=1S/C24H26N2O3/c1-24(2,3)29-23(27)26-12-10-18-17-6-4-5-7-19(17)25-21(18)22(26)16-8-9-20-15(14-16)11-13-28-20/h4-9,14,22,25H,10-13H2,1-3H3/t22-/m1/s1. The van der Waals surface area contributed by atoms with E-state index in [4.69, 9.17) is 9.47 Å². The van der Waals surface area contributed by atoms with Gasteiger partial charge >= 0.3 is 6.09 Å². The van der Waals surface area contributed by atoms with E-state index in [9.17, 15) is 4.79 Å². The maximum absolute atomic E-state index is 13.1. The van der Waals surface area contributed by atoms with Crippen molar-refractivity contribution in [1.29, 1.82) is 0 Å². The van der Waals surface area contributed by atoms with Gasteiger partial charge < -0.3 is 14.5 Å². The predicted molar refractivity (Wildman–Crippen MR) is 112 cm³/mol. The van der Waals surface area contributed by atoms with Crippen molar-refractivity contribution in [2.45, 2.75) is 45.3 Å². The van der Waals surface area contributed by atoms with Crippen molar-refractivity contribution in [2.24, 2.45) is 0 Å². The van der Waals surface area contributed by atoms with Gasteiger partial charge in [-0.15, -0.1) is 0 Å². The lowest BCUT2D eigenvalue weighted by molar-refractivity contribution is 0.0175. The fourth-order valence-electron chi connectivity index (χ4n) is 4.48. The van der Waals surface area contributed by atoms with Gasteiger partial charge in [-0.3, -0.25) is 4.90 Å². The van der Waals surface area contributed by atoms with Gasteiger partial charge in [0.05, 0.1) is 6.61 Å². The molecule has 0 unspecified atom stereocenters. The highest BCUT2D eigenvalue weighted by Gasteiger charge is 2.37. The zero-order valence-corrected chi connectivity index (χ0v) is 17.1. The topological polar surface area (TPSA) is 54.6 Å². The van der Waals surface area contributed by atoms with E-state index in [0.717, 1.165) is 42.0 Å². The van der Waals surface area contributed by atoms with Crippen molar-refractivity contribution < 1.29 is 14.3 Å². The SMILES string of the molecule is CC(C)(C)OC(=O)N1CCc2c([nH]c3ccccc23)[C@H]1c1ccc2c(c1)CCO2. The molecule has 2 aliphatic rings. The maximum Gasteiger partial charge on any atom is 0.411 e. The molecule has 150 valence electrons. The first-order chi connectivity index (χ1) is 13.9. The molecule has 0 saturated carbocycles. The second-order valence-electron chi connectivity index (χ2n) is 8.85. The van der Waals surface area contributed by atoms with Crippen molar-refractivity contribution in [1.82, 2.24) is 9.88 Å². The number of aromatic amines is 1. The molecule has 29 heavy (non-hydrogen) atoms. The third-order valence-corrected chi connectivity index (χ3v) is 5.69. The van der Waals surface area contributed by atoms with E-state index in [-0.39, 0.29) is 12.1 Å². The molecule has 2 aromatic carbocycles. The fraction of sp³-hybridized carbons (Fsp3) is 0.375. The molecule has 1 amide bonds. The number of amides is 1. The van der Waals surface area contributed by atoms with Gasteiger partial charge in [0.25, 0.3) is 0 Å². The molecule has 1 N–H and O–H groups in total. The number of rotatable bonds is 1. The van der Waals surface area contributed by atoms with Crippen LogP contribution in [0.1, 0.15) is 49.2 Å². The van der Waals surface area contributed by atoms with Crippen molar-refractivity contribution in [3.8, 4) is 5.75 Å². The number of nitrogens with zero attached hydrogens (tertiary/aromatic N) is 1. The zero-order valence-electron chi connectivity index (χ0n) is 17.1. The molecule has 0 saturated heterocycles. The van der Waals surface area contributed by atoms with Crippen LogP contribution in [0.2, 0.25) is 0 Å². The summed E-state index contributed by atoms with van der Waals surface area (Å²) in [6.07, 6.45) is 1.44. The lowest BCUT2D eigenvalue weighted by Gasteiger charge is -2.37. The molecular weight excluding hydrogens is 364 g/mol. The molecule has 1 atom stereocenters. The third kappa shape index (κ3) is 3.15. The summed E-state index contributed by atoms with van der Waals surface area (Å²) in [5.74, 6) is 0.949. The smallest absolute Gasteiger partial charge is 0.411 e. The number of carbonyl (C=O) groups excluding carboxylic acids is 1. The quantitative estimate of drug-likeness (QED) is 0.637. The molecule has 0 bridgehead atoms. The van der Waals surface area contributed by atoms with Gasteiger partial charge in [0.1, 0.15) is 17.4 Å². The highest BCUT2D eigenvalue weighted by molar-refractivity contribution is 5.86. The summed E-state index contributed by atoms with van der Waals surface area (Å²) < 4.78 is 11.4. The van der Waals surface area contributed by atoms with Crippen LogP contribution in [0.3, 0.4) is 0 Å². The van der Waals surface area contributed by atoms with Gasteiger partial charge in [0.15, 0.2) is 0 Å². The van der Waals surface area contributed by atoms with Crippen molar-refractivity contribution in [2.75, 3.05) is 13.2 Å². The predicted octanol–water partition coefficient (Wildman–Crippen LogP) is 4.99. The fourth-order valence-corrected chi connectivity index (χ4v) is 4.48. The Morgan fingerprint density at radius 2 is 2.00 bits per heavy atom. The Morgan fingerprint density at radius 1 is 1.17 bits per heavy atom. The number of para-hydroxylation sites is 1. The summed E-state index contributed by atoms with van der Waals surface area (Å²) in [5.41, 5.74) is 5.25. The van der Waals surface area contributed by atoms with Crippen molar-refractivity contribution in [3.63, 3.8) is 0 Å². The maximum atomic E-state index is 13.1. The number of nitrogens with one attached hydrogen (secondary N) is 1. The number of benzene rings is 2. The number of hydrogen-bond donors (Lipinski definition) is 1. The van der Waals surface area contributed by atoms with Gasteiger partial charge in [0, 0.05) is 29.6 Å². The van der Waals surface area contributed by atoms with Gasteiger partial charge in [-0.1, -0.05) is 24.3 Å². The highest BCUT2D eigenvalue weighted by atomic mass is 16.6. The van der Waals surface area contributed by atoms with Gasteiger partial charge in [0.2, 0.25) is 0 Å². The summed E-state index contributed by atoms with van der Waals surface area (Å²) in [5, 5.41) is 1.24. The number of hydrogen-bond acceptors (Lipinski definition) is 3. The highest BCUT2D eigenvalue weighted by Crippen LogP contribution is 2.40. The monoisotopic (exact) mass is 390 g/mol. The van der Waals surface area contributed by atoms with Crippen LogP contribution in [0.5, 0.6) is 5.75 Å². The number of aromatic nitrogens is 1. The minimum absolute atomic E-state index is 0.202. The Balaban J connectivity index is 1.64. The Hall–Kier alpha value is -2.95. The van der Waals surface area contributed by atoms with Crippen LogP contribution in [0, 0.1) is 0 Å². The summed E-state index contributed by atoms with van der Waals surface area (Å²) in [7, 11) is 0. The Kier molecular flexibility index (Phi) is 4.09. The average molecular weight is 390 g/mol. The van der Waals surface area contributed by atoms with Crippen LogP contribution in [-0.2, 0) is 17.6 Å². The van der Waals surface area contributed by atoms with Crippen LogP contribution in [0.25, 0.3) is 10.9 Å². The molecule has 0 fully saturated rings. The van der Waals surface area contributed by atoms with E-state index in [1.165, 1.54) is 16.5 Å².